The van der Waals surface area contributed by atoms with Gasteiger partial charge in [0.1, 0.15) is 5.69 Å². The normalized spacial score (nSPS) is 18.0. The molecule has 0 atom stereocenters. The van der Waals surface area contributed by atoms with E-state index < -0.39 is 0 Å². The Morgan fingerprint density at radius 1 is 1.48 bits per heavy atom. The van der Waals surface area contributed by atoms with E-state index in [9.17, 15) is 4.79 Å². The van der Waals surface area contributed by atoms with Crippen LogP contribution in [0.15, 0.2) is 40.6 Å². The van der Waals surface area contributed by atoms with E-state index in [0.717, 1.165) is 6.42 Å². The fraction of sp³-hybridized carbons (Fsp3) is 0.471. The number of carbonyl (C=O) groups excluding carboxylic acids is 1. The van der Waals surface area contributed by atoms with E-state index in [4.69, 9.17) is 0 Å². The van der Waals surface area contributed by atoms with Crippen LogP contribution in [-0.4, -0.2) is 17.1 Å². The number of allylic oxidation sites excluding steroid dienone is 2. The molecule has 0 aliphatic heterocycles. The lowest BCUT2D eigenvalue weighted by atomic mass is 9.72. The van der Waals surface area contributed by atoms with E-state index in [1.54, 1.807) is 30.6 Å². The second-order valence-electron chi connectivity index (χ2n) is 6.17. The Morgan fingerprint density at radius 2 is 2.29 bits per heavy atom. The molecule has 21 heavy (non-hydrogen) atoms. The minimum Gasteiger partial charge on any atom is -0.266 e. The highest BCUT2D eigenvalue weighted by molar-refractivity contribution is 5.92. The van der Waals surface area contributed by atoms with Crippen molar-refractivity contribution in [3.05, 3.63) is 41.2 Å². The van der Waals surface area contributed by atoms with Gasteiger partial charge in [0.15, 0.2) is 0 Å². The molecular weight excluding hydrogens is 262 g/mol. The SMILES string of the molecule is CC1=C(C/C=N/NC(=O)c2ccccn2)C(C)(C)CCC1. The Bertz CT molecular complexity index is 559. The third kappa shape index (κ3) is 4.00. The molecule has 1 aromatic rings. The summed E-state index contributed by atoms with van der Waals surface area (Å²) < 4.78 is 0. The zero-order valence-electron chi connectivity index (χ0n) is 13.0. The van der Waals surface area contributed by atoms with Gasteiger partial charge < -0.3 is 0 Å². The Morgan fingerprint density at radius 3 is 2.95 bits per heavy atom. The number of amides is 1. The molecule has 0 aromatic carbocycles. The maximum Gasteiger partial charge on any atom is 0.289 e. The van der Waals surface area contributed by atoms with Gasteiger partial charge in [-0.3, -0.25) is 9.78 Å². The van der Waals surface area contributed by atoms with Crippen LogP contribution in [0.1, 0.15) is 56.9 Å². The molecule has 1 aliphatic carbocycles. The highest BCUT2D eigenvalue weighted by Crippen LogP contribution is 2.41. The van der Waals surface area contributed by atoms with E-state index in [0.29, 0.717) is 5.69 Å². The van der Waals surface area contributed by atoms with Gasteiger partial charge in [-0.15, -0.1) is 0 Å². The standard InChI is InChI=1S/C17H23N3O/c1-13-7-6-10-17(2,3)14(13)9-12-19-20-16(21)15-8-4-5-11-18-15/h4-5,8,11-12H,6-7,9-10H2,1-3H3,(H,20,21)/b19-12+. The molecule has 4 nitrogen and oxygen atoms in total. The van der Waals surface area contributed by atoms with Gasteiger partial charge >= 0.3 is 0 Å². The van der Waals surface area contributed by atoms with Crippen LogP contribution < -0.4 is 5.43 Å². The Balaban J connectivity index is 1.92. The van der Waals surface area contributed by atoms with Crippen LogP contribution in [0.25, 0.3) is 0 Å². The zero-order chi connectivity index (χ0) is 15.3. The number of carbonyl (C=O) groups is 1. The van der Waals surface area contributed by atoms with Gasteiger partial charge in [-0.05, 0) is 43.7 Å². The summed E-state index contributed by atoms with van der Waals surface area (Å²) in [7, 11) is 0. The summed E-state index contributed by atoms with van der Waals surface area (Å²) in [5, 5.41) is 4.04. The maximum absolute atomic E-state index is 11.8. The second-order valence-corrected chi connectivity index (χ2v) is 6.17. The Hall–Kier alpha value is -1.97. The van der Waals surface area contributed by atoms with Crippen molar-refractivity contribution in [2.45, 2.75) is 46.5 Å². The van der Waals surface area contributed by atoms with Crippen molar-refractivity contribution in [3.8, 4) is 0 Å². The van der Waals surface area contributed by atoms with Gasteiger partial charge in [0, 0.05) is 18.8 Å². The van der Waals surface area contributed by atoms with Crippen molar-refractivity contribution in [3.63, 3.8) is 0 Å². The van der Waals surface area contributed by atoms with Crippen LogP contribution in [0.5, 0.6) is 0 Å². The third-order valence-corrected chi connectivity index (χ3v) is 4.14. The summed E-state index contributed by atoms with van der Waals surface area (Å²) >= 11 is 0. The average Bonchev–Trinajstić information content (AvgIpc) is 2.46. The third-order valence-electron chi connectivity index (χ3n) is 4.14. The first-order valence-electron chi connectivity index (χ1n) is 7.43. The van der Waals surface area contributed by atoms with Gasteiger partial charge in [0.25, 0.3) is 5.91 Å². The van der Waals surface area contributed by atoms with Crippen molar-refractivity contribution in [1.29, 1.82) is 0 Å². The maximum atomic E-state index is 11.8. The monoisotopic (exact) mass is 285 g/mol. The number of hydrogen-bond donors (Lipinski definition) is 1. The van der Waals surface area contributed by atoms with Gasteiger partial charge in [0.05, 0.1) is 0 Å². The lowest BCUT2D eigenvalue weighted by Gasteiger charge is -2.34. The minimum absolute atomic E-state index is 0.235. The molecule has 4 heteroatoms. The first kappa shape index (κ1) is 15.4. The molecule has 0 fully saturated rings. The van der Waals surface area contributed by atoms with Crippen LogP contribution in [0.2, 0.25) is 0 Å². The summed E-state index contributed by atoms with van der Waals surface area (Å²) in [5.41, 5.74) is 6.05. The van der Waals surface area contributed by atoms with E-state index in [1.807, 2.05) is 0 Å². The van der Waals surface area contributed by atoms with Gasteiger partial charge in [0.2, 0.25) is 0 Å². The zero-order valence-corrected chi connectivity index (χ0v) is 13.0. The number of aromatic nitrogens is 1. The highest BCUT2D eigenvalue weighted by atomic mass is 16.2. The van der Waals surface area contributed by atoms with E-state index >= 15 is 0 Å². The van der Waals surface area contributed by atoms with Crippen molar-refractivity contribution < 1.29 is 4.79 Å². The molecule has 0 unspecified atom stereocenters. The molecule has 0 radical (unpaired) electrons. The smallest absolute Gasteiger partial charge is 0.266 e. The van der Waals surface area contributed by atoms with Crippen LogP contribution >= 0.6 is 0 Å². The fourth-order valence-corrected chi connectivity index (χ4v) is 2.92. The molecule has 1 heterocycles. The van der Waals surface area contributed by atoms with Gasteiger partial charge in [-0.1, -0.05) is 31.1 Å². The van der Waals surface area contributed by atoms with E-state index in [1.165, 1.54) is 30.4 Å². The quantitative estimate of drug-likeness (QED) is 0.521. The number of rotatable bonds is 4. The molecule has 0 bridgehead atoms. The summed E-state index contributed by atoms with van der Waals surface area (Å²) in [4.78, 5) is 15.8. The summed E-state index contributed by atoms with van der Waals surface area (Å²) in [6.45, 7) is 6.77. The molecule has 1 amide bonds. The van der Waals surface area contributed by atoms with Crippen LogP contribution in [0, 0.1) is 5.41 Å². The van der Waals surface area contributed by atoms with Gasteiger partial charge in [-0.2, -0.15) is 5.10 Å². The van der Waals surface area contributed by atoms with Crippen LogP contribution in [0.3, 0.4) is 0 Å². The topological polar surface area (TPSA) is 54.4 Å². The number of pyridine rings is 1. The molecule has 112 valence electrons. The summed E-state index contributed by atoms with van der Waals surface area (Å²) in [6.07, 6.45) is 7.82. The molecule has 1 aromatic heterocycles. The van der Waals surface area contributed by atoms with E-state index in [-0.39, 0.29) is 11.3 Å². The van der Waals surface area contributed by atoms with Crippen LogP contribution in [-0.2, 0) is 0 Å². The molecular formula is C17H23N3O. The first-order chi connectivity index (χ1) is 10.0. The molecule has 1 aliphatic rings. The predicted octanol–water partition coefficient (Wildman–Crippen LogP) is 3.71. The van der Waals surface area contributed by atoms with Crippen LogP contribution in [0.4, 0.5) is 0 Å². The fourth-order valence-electron chi connectivity index (χ4n) is 2.92. The first-order valence-corrected chi connectivity index (χ1v) is 7.43. The number of nitrogens with zero attached hydrogens (tertiary/aromatic N) is 2. The lowest BCUT2D eigenvalue weighted by molar-refractivity contribution is 0.0950. The largest absolute Gasteiger partial charge is 0.289 e. The summed E-state index contributed by atoms with van der Waals surface area (Å²) in [5.74, 6) is -0.277. The van der Waals surface area contributed by atoms with Crippen molar-refractivity contribution in [2.75, 3.05) is 0 Å². The predicted molar refractivity (Wildman–Crippen MR) is 85.1 cm³/mol. The number of hydrogen-bond acceptors (Lipinski definition) is 3. The Labute approximate surface area is 126 Å². The number of hydrazone groups is 1. The summed E-state index contributed by atoms with van der Waals surface area (Å²) in [6, 6.07) is 5.23. The van der Waals surface area contributed by atoms with Crippen molar-refractivity contribution in [1.82, 2.24) is 10.4 Å². The molecule has 2 rings (SSSR count). The van der Waals surface area contributed by atoms with Gasteiger partial charge in [-0.25, -0.2) is 5.43 Å². The lowest BCUT2D eigenvalue weighted by Crippen LogP contribution is -2.22. The second kappa shape index (κ2) is 6.66. The molecule has 0 spiro atoms. The minimum atomic E-state index is -0.277. The molecule has 1 N–H and O–H groups in total. The highest BCUT2D eigenvalue weighted by Gasteiger charge is 2.27. The van der Waals surface area contributed by atoms with Crippen molar-refractivity contribution >= 4 is 12.1 Å². The Kier molecular flexibility index (Phi) is 4.89. The average molecular weight is 285 g/mol. The van der Waals surface area contributed by atoms with Crippen molar-refractivity contribution in [2.24, 2.45) is 10.5 Å². The molecule has 0 saturated carbocycles. The molecule has 0 saturated heterocycles. The van der Waals surface area contributed by atoms with E-state index in [2.05, 4.69) is 36.3 Å². The number of nitrogens with one attached hydrogen (secondary N) is 1.